The molecule has 176 valence electrons. The first-order valence-electron chi connectivity index (χ1n) is 12.5. The smallest absolute Gasteiger partial charge is 0.223 e. The summed E-state index contributed by atoms with van der Waals surface area (Å²) in [7, 11) is 0. The van der Waals surface area contributed by atoms with Crippen molar-refractivity contribution in [2.75, 3.05) is 18.1 Å². The van der Waals surface area contributed by atoms with E-state index in [2.05, 4.69) is 80.4 Å². The Morgan fingerprint density at radius 3 is 2.73 bits per heavy atom. The minimum atomic E-state index is -0.589. The molecular formula is C29H38N2O2. The first kappa shape index (κ1) is 23.4. The predicted molar refractivity (Wildman–Crippen MR) is 137 cm³/mol. The van der Waals surface area contributed by atoms with Crippen LogP contribution in [0.3, 0.4) is 0 Å². The van der Waals surface area contributed by atoms with E-state index in [0.29, 0.717) is 6.42 Å². The zero-order valence-corrected chi connectivity index (χ0v) is 20.6. The fourth-order valence-corrected chi connectivity index (χ4v) is 5.29. The number of nitrogens with zero attached hydrogens (tertiary/aromatic N) is 1. The third-order valence-electron chi connectivity index (χ3n) is 7.28. The van der Waals surface area contributed by atoms with E-state index >= 15 is 0 Å². The van der Waals surface area contributed by atoms with Gasteiger partial charge in [-0.1, -0.05) is 82.4 Å². The molecule has 2 aliphatic rings. The van der Waals surface area contributed by atoms with Crippen LogP contribution in [0.2, 0.25) is 0 Å². The number of hydrogen-bond acceptors (Lipinski definition) is 3. The molecule has 4 heteroatoms. The Hall–Kier alpha value is -2.75. The van der Waals surface area contributed by atoms with Gasteiger partial charge in [-0.2, -0.15) is 0 Å². The summed E-state index contributed by atoms with van der Waals surface area (Å²) in [6.07, 6.45) is 11.0. The van der Waals surface area contributed by atoms with Crippen molar-refractivity contribution in [2.45, 2.75) is 77.3 Å². The summed E-state index contributed by atoms with van der Waals surface area (Å²) >= 11 is 0. The number of amides is 1. The van der Waals surface area contributed by atoms with Gasteiger partial charge in [0, 0.05) is 24.1 Å². The number of carbonyl (C=O) groups is 1. The topological polar surface area (TPSA) is 41.6 Å². The minimum Gasteiger partial charge on any atom is -0.494 e. The standard InChI is InChI=1S/C29H38N2O2/c1-5-6-7-8-9-19-33-24-12-10-11-23(21-24)15-17-29-28(3,4)25-20-22(2)13-14-26(25)31(29)18-16-27(32)30-29/h10-15,17,20-21H,5-9,16,18-19H2,1-4H3,(H,30,32). The normalized spacial score (nSPS) is 21.1. The molecule has 33 heavy (non-hydrogen) atoms. The lowest BCUT2D eigenvalue weighted by atomic mass is 9.74. The van der Waals surface area contributed by atoms with Crippen LogP contribution < -0.4 is 15.0 Å². The van der Waals surface area contributed by atoms with Gasteiger partial charge in [-0.15, -0.1) is 0 Å². The molecule has 0 bridgehead atoms. The van der Waals surface area contributed by atoms with Crippen molar-refractivity contribution in [2.24, 2.45) is 0 Å². The number of aryl methyl sites for hydroxylation is 1. The second-order valence-corrected chi connectivity index (χ2v) is 10.0. The van der Waals surface area contributed by atoms with Gasteiger partial charge in [0.2, 0.25) is 5.91 Å². The number of fused-ring (bicyclic) bond motifs is 3. The molecule has 0 spiro atoms. The van der Waals surface area contributed by atoms with Gasteiger partial charge in [-0.05, 0) is 48.7 Å². The summed E-state index contributed by atoms with van der Waals surface area (Å²) in [6.45, 7) is 10.3. The lowest BCUT2D eigenvalue weighted by Gasteiger charge is -2.49. The van der Waals surface area contributed by atoms with E-state index < -0.39 is 5.66 Å². The predicted octanol–water partition coefficient (Wildman–Crippen LogP) is 6.37. The average molecular weight is 447 g/mol. The van der Waals surface area contributed by atoms with Crippen molar-refractivity contribution in [3.8, 4) is 5.75 Å². The molecule has 1 saturated heterocycles. The summed E-state index contributed by atoms with van der Waals surface area (Å²) in [5.74, 6) is 1.01. The van der Waals surface area contributed by atoms with Crippen molar-refractivity contribution < 1.29 is 9.53 Å². The maximum Gasteiger partial charge on any atom is 0.223 e. The lowest BCUT2D eigenvalue weighted by Crippen LogP contribution is -2.68. The summed E-state index contributed by atoms with van der Waals surface area (Å²) < 4.78 is 6.01. The molecule has 0 saturated carbocycles. The Morgan fingerprint density at radius 2 is 1.91 bits per heavy atom. The molecule has 0 aliphatic carbocycles. The summed E-state index contributed by atoms with van der Waals surface area (Å²) in [4.78, 5) is 15.0. The molecule has 2 aliphatic heterocycles. The van der Waals surface area contributed by atoms with Gasteiger partial charge in [-0.25, -0.2) is 0 Å². The van der Waals surface area contributed by atoms with Crippen LogP contribution in [0.15, 0.2) is 48.5 Å². The molecule has 4 nitrogen and oxygen atoms in total. The van der Waals surface area contributed by atoms with Crippen LogP contribution in [-0.4, -0.2) is 24.7 Å². The molecule has 1 amide bonds. The zero-order valence-electron chi connectivity index (χ0n) is 20.6. The SMILES string of the molecule is CCCCCCCOc1cccc(C=CC23NC(=O)CCN2c2ccc(C)cc2C3(C)C)c1. The minimum absolute atomic E-state index is 0.105. The molecule has 1 atom stereocenters. The highest BCUT2D eigenvalue weighted by molar-refractivity contribution is 5.84. The number of anilines is 1. The molecule has 1 N–H and O–H groups in total. The Balaban J connectivity index is 1.55. The van der Waals surface area contributed by atoms with E-state index in [9.17, 15) is 4.79 Å². The molecule has 1 unspecified atom stereocenters. The highest BCUT2D eigenvalue weighted by Crippen LogP contribution is 2.52. The number of nitrogens with one attached hydrogen (secondary N) is 1. The van der Waals surface area contributed by atoms with Crippen LogP contribution in [0.4, 0.5) is 5.69 Å². The number of hydrogen-bond donors (Lipinski definition) is 1. The number of carbonyl (C=O) groups excluding carboxylic acids is 1. The van der Waals surface area contributed by atoms with E-state index in [4.69, 9.17) is 4.74 Å². The monoisotopic (exact) mass is 446 g/mol. The molecule has 0 aromatic heterocycles. The van der Waals surface area contributed by atoms with Crippen LogP contribution in [-0.2, 0) is 10.2 Å². The van der Waals surface area contributed by atoms with Gasteiger partial charge in [0.05, 0.1) is 6.61 Å². The number of ether oxygens (including phenoxy) is 1. The fraction of sp³-hybridized carbons (Fsp3) is 0.483. The average Bonchev–Trinajstić information content (AvgIpc) is 2.98. The Bertz CT molecular complexity index is 1030. The van der Waals surface area contributed by atoms with E-state index in [1.54, 1.807) is 0 Å². The molecule has 2 heterocycles. The van der Waals surface area contributed by atoms with Crippen molar-refractivity contribution in [3.05, 3.63) is 65.2 Å². The van der Waals surface area contributed by atoms with Gasteiger partial charge in [0.1, 0.15) is 11.4 Å². The van der Waals surface area contributed by atoms with E-state index in [-0.39, 0.29) is 11.3 Å². The zero-order chi connectivity index (χ0) is 23.5. The quantitative estimate of drug-likeness (QED) is 0.455. The highest BCUT2D eigenvalue weighted by Gasteiger charge is 2.57. The van der Waals surface area contributed by atoms with Crippen LogP contribution in [0.5, 0.6) is 5.75 Å². The van der Waals surface area contributed by atoms with Crippen LogP contribution in [0, 0.1) is 6.92 Å². The van der Waals surface area contributed by atoms with Crippen LogP contribution in [0.25, 0.3) is 6.08 Å². The molecule has 4 rings (SSSR count). The fourth-order valence-electron chi connectivity index (χ4n) is 5.29. The third-order valence-corrected chi connectivity index (χ3v) is 7.28. The maximum atomic E-state index is 12.6. The Morgan fingerprint density at radius 1 is 1.09 bits per heavy atom. The van der Waals surface area contributed by atoms with Crippen LogP contribution in [0.1, 0.15) is 76.0 Å². The Labute approximate surface area is 199 Å². The molecular weight excluding hydrogens is 408 g/mol. The Kier molecular flexibility index (Phi) is 6.83. The maximum absolute atomic E-state index is 12.6. The molecule has 1 fully saturated rings. The van der Waals surface area contributed by atoms with Crippen molar-refractivity contribution in [1.82, 2.24) is 5.32 Å². The number of benzene rings is 2. The number of rotatable bonds is 9. The van der Waals surface area contributed by atoms with Gasteiger partial charge < -0.3 is 15.0 Å². The van der Waals surface area contributed by atoms with E-state index in [1.807, 2.05) is 12.1 Å². The summed E-state index contributed by atoms with van der Waals surface area (Å²) in [6, 6.07) is 14.9. The van der Waals surface area contributed by atoms with Gasteiger partial charge in [0.25, 0.3) is 0 Å². The first-order chi connectivity index (χ1) is 15.9. The van der Waals surface area contributed by atoms with Gasteiger partial charge in [0.15, 0.2) is 0 Å². The summed E-state index contributed by atoms with van der Waals surface area (Å²) in [5, 5.41) is 3.36. The van der Waals surface area contributed by atoms with Gasteiger partial charge in [-0.3, -0.25) is 4.79 Å². The second kappa shape index (κ2) is 9.62. The largest absolute Gasteiger partial charge is 0.494 e. The number of unbranched alkanes of at least 4 members (excludes halogenated alkanes) is 4. The van der Waals surface area contributed by atoms with Gasteiger partial charge >= 0.3 is 0 Å². The lowest BCUT2D eigenvalue weighted by molar-refractivity contribution is -0.124. The highest BCUT2D eigenvalue weighted by atomic mass is 16.5. The molecule has 2 aromatic carbocycles. The third kappa shape index (κ3) is 4.53. The van der Waals surface area contributed by atoms with Crippen molar-refractivity contribution in [1.29, 1.82) is 0 Å². The van der Waals surface area contributed by atoms with Crippen LogP contribution >= 0.6 is 0 Å². The van der Waals surface area contributed by atoms with E-state index in [1.165, 1.54) is 42.5 Å². The molecule has 0 radical (unpaired) electrons. The second-order valence-electron chi connectivity index (χ2n) is 10.0. The van der Waals surface area contributed by atoms with Crippen molar-refractivity contribution >= 4 is 17.7 Å². The van der Waals surface area contributed by atoms with Crippen molar-refractivity contribution in [3.63, 3.8) is 0 Å². The van der Waals surface area contributed by atoms with E-state index in [0.717, 1.165) is 30.9 Å². The molecule has 2 aromatic rings. The summed E-state index contributed by atoms with van der Waals surface area (Å²) in [5.41, 5.74) is 3.97. The first-order valence-corrected chi connectivity index (χ1v) is 12.5.